The second-order valence-electron chi connectivity index (χ2n) is 6.18. The first kappa shape index (κ1) is 13.9. The highest BCUT2D eigenvalue weighted by Crippen LogP contribution is 2.28. The van der Waals surface area contributed by atoms with E-state index >= 15 is 0 Å². The van der Waals surface area contributed by atoms with E-state index in [4.69, 9.17) is 0 Å². The summed E-state index contributed by atoms with van der Waals surface area (Å²) >= 11 is 0. The molecule has 2 saturated carbocycles. The number of hydrogen-bond donors (Lipinski definition) is 1. The molecule has 0 saturated heterocycles. The summed E-state index contributed by atoms with van der Waals surface area (Å²) < 4.78 is 0. The van der Waals surface area contributed by atoms with Crippen LogP contribution in [0.5, 0.6) is 0 Å². The van der Waals surface area contributed by atoms with E-state index in [9.17, 15) is 9.90 Å². The Labute approximate surface area is 111 Å². The molecule has 0 heterocycles. The first-order chi connectivity index (χ1) is 8.66. The largest absolute Gasteiger partial charge is 0.393 e. The highest BCUT2D eigenvalue weighted by atomic mass is 16.3. The van der Waals surface area contributed by atoms with Gasteiger partial charge in [-0.25, -0.2) is 0 Å². The van der Waals surface area contributed by atoms with Crippen molar-refractivity contribution in [2.75, 3.05) is 7.05 Å². The van der Waals surface area contributed by atoms with Gasteiger partial charge in [0.1, 0.15) is 0 Å². The molecule has 2 rings (SSSR count). The third-order valence-corrected chi connectivity index (χ3v) is 4.80. The third-order valence-electron chi connectivity index (χ3n) is 4.80. The third kappa shape index (κ3) is 3.71. The summed E-state index contributed by atoms with van der Waals surface area (Å²) in [4.78, 5) is 14.2. The maximum Gasteiger partial charge on any atom is 0.222 e. The standard InChI is InChI=1S/C15H27NO2/c1-16(13-7-9-14(17)10-8-13)15(18)11-12-5-3-2-4-6-12/h12-14,17H,2-11H2,1H3. The Morgan fingerprint density at radius 2 is 1.67 bits per heavy atom. The van der Waals surface area contributed by atoms with Crippen LogP contribution >= 0.6 is 0 Å². The van der Waals surface area contributed by atoms with Crippen molar-refractivity contribution in [1.29, 1.82) is 0 Å². The molecular formula is C15H27NO2. The van der Waals surface area contributed by atoms with Gasteiger partial charge >= 0.3 is 0 Å². The zero-order chi connectivity index (χ0) is 13.0. The van der Waals surface area contributed by atoms with Gasteiger partial charge in [-0.15, -0.1) is 0 Å². The molecule has 0 bridgehead atoms. The second-order valence-corrected chi connectivity index (χ2v) is 6.18. The zero-order valence-corrected chi connectivity index (χ0v) is 11.6. The molecule has 0 spiro atoms. The van der Waals surface area contributed by atoms with Crippen molar-refractivity contribution in [1.82, 2.24) is 4.90 Å². The molecule has 0 aromatic carbocycles. The number of hydrogen-bond acceptors (Lipinski definition) is 2. The Morgan fingerprint density at radius 3 is 2.28 bits per heavy atom. The molecule has 3 heteroatoms. The van der Waals surface area contributed by atoms with Crippen LogP contribution in [0.4, 0.5) is 0 Å². The molecular weight excluding hydrogens is 226 g/mol. The van der Waals surface area contributed by atoms with Gasteiger partial charge in [0.25, 0.3) is 0 Å². The number of carbonyl (C=O) groups excluding carboxylic acids is 1. The molecule has 104 valence electrons. The van der Waals surface area contributed by atoms with Crippen molar-refractivity contribution in [3.63, 3.8) is 0 Å². The van der Waals surface area contributed by atoms with Gasteiger partial charge in [0, 0.05) is 19.5 Å². The highest BCUT2D eigenvalue weighted by Gasteiger charge is 2.27. The molecule has 0 radical (unpaired) electrons. The van der Waals surface area contributed by atoms with Gasteiger partial charge in [0.2, 0.25) is 5.91 Å². The van der Waals surface area contributed by atoms with E-state index in [1.165, 1.54) is 32.1 Å². The van der Waals surface area contributed by atoms with Gasteiger partial charge in [0.15, 0.2) is 0 Å². The fraction of sp³-hybridized carbons (Fsp3) is 0.933. The Morgan fingerprint density at radius 1 is 1.06 bits per heavy atom. The zero-order valence-electron chi connectivity index (χ0n) is 11.6. The fourth-order valence-electron chi connectivity index (χ4n) is 3.43. The summed E-state index contributed by atoms with van der Waals surface area (Å²) in [7, 11) is 1.95. The lowest BCUT2D eigenvalue weighted by Crippen LogP contribution is -2.41. The minimum atomic E-state index is -0.136. The van der Waals surface area contributed by atoms with Crippen LogP contribution in [0.2, 0.25) is 0 Å². The van der Waals surface area contributed by atoms with Crippen LogP contribution in [0.3, 0.4) is 0 Å². The fourth-order valence-corrected chi connectivity index (χ4v) is 3.43. The smallest absolute Gasteiger partial charge is 0.222 e. The van der Waals surface area contributed by atoms with Crippen molar-refractivity contribution in [2.45, 2.75) is 76.4 Å². The summed E-state index contributed by atoms with van der Waals surface area (Å²) in [5.74, 6) is 0.950. The Hall–Kier alpha value is -0.570. The van der Waals surface area contributed by atoms with Crippen LogP contribution in [0.25, 0.3) is 0 Å². The molecule has 1 amide bonds. The van der Waals surface area contributed by atoms with E-state index in [-0.39, 0.29) is 6.10 Å². The van der Waals surface area contributed by atoms with Crippen LogP contribution in [0.1, 0.15) is 64.2 Å². The lowest BCUT2D eigenvalue weighted by Gasteiger charge is -2.34. The van der Waals surface area contributed by atoms with E-state index in [1.807, 2.05) is 11.9 Å². The predicted molar refractivity (Wildman–Crippen MR) is 72.2 cm³/mol. The SMILES string of the molecule is CN(C(=O)CC1CCCCC1)C1CCC(O)CC1. The Bertz CT molecular complexity index is 266. The Balaban J connectivity index is 1.77. The molecule has 2 aliphatic rings. The molecule has 0 unspecified atom stereocenters. The second kappa shape index (κ2) is 6.55. The number of amides is 1. The van der Waals surface area contributed by atoms with Gasteiger partial charge < -0.3 is 10.0 Å². The number of aliphatic hydroxyl groups is 1. The molecule has 0 aromatic rings. The van der Waals surface area contributed by atoms with Crippen LogP contribution in [0, 0.1) is 5.92 Å². The topological polar surface area (TPSA) is 40.5 Å². The average molecular weight is 253 g/mol. The number of rotatable bonds is 3. The van der Waals surface area contributed by atoms with Crippen LogP contribution in [-0.4, -0.2) is 35.1 Å². The maximum absolute atomic E-state index is 12.3. The van der Waals surface area contributed by atoms with Gasteiger partial charge in [0.05, 0.1) is 6.10 Å². The number of carbonyl (C=O) groups is 1. The normalized spacial score (nSPS) is 30.1. The van der Waals surface area contributed by atoms with Gasteiger partial charge in [-0.05, 0) is 44.4 Å². The van der Waals surface area contributed by atoms with E-state index in [0.717, 1.165) is 32.1 Å². The van der Waals surface area contributed by atoms with E-state index in [0.29, 0.717) is 17.9 Å². The van der Waals surface area contributed by atoms with Gasteiger partial charge in [-0.1, -0.05) is 19.3 Å². The summed E-state index contributed by atoms with van der Waals surface area (Å²) in [6.45, 7) is 0. The van der Waals surface area contributed by atoms with Gasteiger partial charge in [-0.3, -0.25) is 4.79 Å². The molecule has 0 atom stereocenters. The summed E-state index contributed by atoms with van der Waals surface area (Å²) in [6, 6.07) is 0.365. The predicted octanol–water partition coefficient (Wildman–Crippen LogP) is 2.72. The van der Waals surface area contributed by atoms with E-state index in [1.54, 1.807) is 0 Å². The molecule has 2 fully saturated rings. The minimum absolute atomic E-state index is 0.136. The van der Waals surface area contributed by atoms with Crippen LogP contribution in [-0.2, 0) is 4.79 Å². The van der Waals surface area contributed by atoms with Crippen molar-refractivity contribution >= 4 is 5.91 Å². The van der Waals surface area contributed by atoms with Crippen molar-refractivity contribution < 1.29 is 9.90 Å². The van der Waals surface area contributed by atoms with Crippen molar-refractivity contribution in [2.24, 2.45) is 5.92 Å². The lowest BCUT2D eigenvalue weighted by atomic mass is 9.86. The molecule has 0 aliphatic heterocycles. The summed E-state index contributed by atoms with van der Waals surface area (Å²) in [5.41, 5.74) is 0. The summed E-state index contributed by atoms with van der Waals surface area (Å²) in [6.07, 6.45) is 10.7. The monoisotopic (exact) mass is 253 g/mol. The van der Waals surface area contributed by atoms with Crippen molar-refractivity contribution in [3.8, 4) is 0 Å². The maximum atomic E-state index is 12.3. The minimum Gasteiger partial charge on any atom is -0.393 e. The molecule has 3 nitrogen and oxygen atoms in total. The number of nitrogens with zero attached hydrogens (tertiary/aromatic N) is 1. The van der Waals surface area contributed by atoms with E-state index in [2.05, 4.69) is 0 Å². The van der Waals surface area contributed by atoms with Crippen molar-refractivity contribution in [3.05, 3.63) is 0 Å². The molecule has 0 aromatic heterocycles. The quantitative estimate of drug-likeness (QED) is 0.840. The molecule has 1 N–H and O–H groups in total. The molecule has 18 heavy (non-hydrogen) atoms. The van der Waals surface area contributed by atoms with Crippen LogP contribution in [0.15, 0.2) is 0 Å². The molecule has 2 aliphatic carbocycles. The van der Waals surface area contributed by atoms with Gasteiger partial charge in [-0.2, -0.15) is 0 Å². The summed E-state index contributed by atoms with van der Waals surface area (Å²) in [5, 5.41) is 9.50. The first-order valence-corrected chi connectivity index (χ1v) is 7.60. The number of aliphatic hydroxyl groups excluding tert-OH is 1. The average Bonchev–Trinajstić information content (AvgIpc) is 2.40. The lowest BCUT2D eigenvalue weighted by molar-refractivity contribution is -0.134. The van der Waals surface area contributed by atoms with Crippen LogP contribution < -0.4 is 0 Å². The first-order valence-electron chi connectivity index (χ1n) is 7.60. The highest BCUT2D eigenvalue weighted by molar-refractivity contribution is 5.76. The Kier molecular flexibility index (Phi) is 5.04. The van der Waals surface area contributed by atoms with E-state index < -0.39 is 0 Å².